The average Bonchev–Trinajstić information content (AvgIpc) is 2.42. The molecule has 0 radical (unpaired) electrons. The molecule has 0 bridgehead atoms. The van der Waals surface area contributed by atoms with Gasteiger partial charge in [0, 0.05) is 13.1 Å². The first-order valence-electron chi connectivity index (χ1n) is 5.92. The van der Waals surface area contributed by atoms with E-state index in [9.17, 15) is 4.39 Å². The van der Waals surface area contributed by atoms with E-state index >= 15 is 0 Å². The fourth-order valence-electron chi connectivity index (χ4n) is 1.72. The first kappa shape index (κ1) is 12.7. The van der Waals surface area contributed by atoms with Crippen molar-refractivity contribution in [2.75, 3.05) is 0 Å². The van der Waals surface area contributed by atoms with Crippen LogP contribution in [-0.4, -0.2) is 5.11 Å². The Labute approximate surface area is 106 Å². The van der Waals surface area contributed by atoms with Gasteiger partial charge in [-0.15, -0.1) is 0 Å². The summed E-state index contributed by atoms with van der Waals surface area (Å²) in [4.78, 5) is 0. The Morgan fingerprint density at radius 3 is 1.72 bits per heavy atom. The summed E-state index contributed by atoms with van der Waals surface area (Å²) in [5.41, 5.74) is 3.13. The van der Waals surface area contributed by atoms with Gasteiger partial charge in [-0.25, -0.2) is 4.39 Å². The maximum atomic E-state index is 12.7. The van der Waals surface area contributed by atoms with Crippen molar-refractivity contribution in [1.29, 1.82) is 0 Å². The second kappa shape index (κ2) is 6.28. The van der Waals surface area contributed by atoms with Crippen LogP contribution < -0.4 is 5.32 Å². The molecule has 0 saturated heterocycles. The molecule has 0 aliphatic carbocycles. The Morgan fingerprint density at radius 2 is 1.22 bits per heavy atom. The number of halogens is 1. The van der Waals surface area contributed by atoms with Crippen LogP contribution in [0.2, 0.25) is 0 Å². The lowest BCUT2D eigenvalue weighted by Gasteiger charge is -2.06. The summed E-state index contributed by atoms with van der Waals surface area (Å²) >= 11 is 0. The zero-order valence-corrected chi connectivity index (χ0v) is 10.1. The highest BCUT2D eigenvalue weighted by Gasteiger charge is 1.96. The fourth-order valence-corrected chi connectivity index (χ4v) is 1.72. The summed E-state index contributed by atoms with van der Waals surface area (Å²) in [5.74, 6) is -0.210. The predicted octanol–water partition coefficient (Wildman–Crippen LogP) is 2.61. The van der Waals surface area contributed by atoms with Crippen molar-refractivity contribution in [2.24, 2.45) is 0 Å². The van der Waals surface area contributed by atoms with Crippen molar-refractivity contribution in [3.8, 4) is 0 Å². The van der Waals surface area contributed by atoms with Gasteiger partial charge in [-0.2, -0.15) is 0 Å². The van der Waals surface area contributed by atoms with E-state index in [2.05, 4.69) is 5.32 Å². The molecule has 0 saturated carbocycles. The monoisotopic (exact) mass is 245 g/mol. The second-order valence-electron chi connectivity index (χ2n) is 4.20. The van der Waals surface area contributed by atoms with Crippen LogP contribution in [0.3, 0.4) is 0 Å². The van der Waals surface area contributed by atoms with E-state index in [0.29, 0.717) is 6.54 Å². The standard InChI is InChI=1S/C15H16FNO/c16-15-7-5-13(6-8-15)10-17-9-12-1-3-14(11-18)4-2-12/h1-8,17-18H,9-11H2. The summed E-state index contributed by atoms with van der Waals surface area (Å²) < 4.78 is 12.7. The van der Waals surface area contributed by atoms with Gasteiger partial charge >= 0.3 is 0 Å². The van der Waals surface area contributed by atoms with Gasteiger partial charge in [0.15, 0.2) is 0 Å². The normalized spacial score (nSPS) is 10.6. The first-order valence-corrected chi connectivity index (χ1v) is 5.92. The summed E-state index contributed by atoms with van der Waals surface area (Å²) in [6.45, 7) is 1.54. The van der Waals surface area contributed by atoms with Gasteiger partial charge in [0.25, 0.3) is 0 Å². The van der Waals surface area contributed by atoms with E-state index in [1.54, 1.807) is 12.1 Å². The predicted molar refractivity (Wildman–Crippen MR) is 69.3 cm³/mol. The number of benzene rings is 2. The third kappa shape index (κ3) is 3.65. The molecular formula is C15H16FNO. The van der Waals surface area contributed by atoms with Crippen molar-refractivity contribution < 1.29 is 9.50 Å². The van der Waals surface area contributed by atoms with Gasteiger partial charge in [-0.05, 0) is 28.8 Å². The Balaban J connectivity index is 1.82. The highest BCUT2D eigenvalue weighted by atomic mass is 19.1. The average molecular weight is 245 g/mol. The molecule has 0 aliphatic rings. The van der Waals surface area contributed by atoms with E-state index in [-0.39, 0.29) is 12.4 Å². The van der Waals surface area contributed by atoms with Crippen LogP contribution in [0, 0.1) is 5.82 Å². The van der Waals surface area contributed by atoms with Crippen LogP contribution in [0.25, 0.3) is 0 Å². The molecule has 0 atom stereocenters. The minimum Gasteiger partial charge on any atom is -0.392 e. The highest BCUT2D eigenvalue weighted by molar-refractivity contribution is 5.22. The Hall–Kier alpha value is -1.71. The van der Waals surface area contributed by atoms with Gasteiger partial charge in [-0.1, -0.05) is 36.4 Å². The summed E-state index contributed by atoms with van der Waals surface area (Å²) in [5, 5.41) is 12.2. The largest absolute Gasteiger partial charge is 0.392 e. The third-order valence-corrected chi connectivity index (χ3v) is 2.78. The number of hydrogen-bond acceptors (Lipinski definition) is 2. The molecule has 0 amide bonds. The molecule has 2 nitrogen and oxygen atoms in total. The first-order chi connectivity index (χ1) is 8.78. The van der Waals surface area contributed by atoms with E-state index < -0.39 is 0 Å². The quantitative estimate of drug-likeness (QED) is 0.848. The molecule has 0 fully saturated rings. The van der Waals surface area contributed by atoms with Crippen LogP contribution in [-0.2, 0) is 19.7 Å². The summed E-state index contributed by atoms with van der Waals surface area (Å²) in [7, 11) is 0. The third-order valence-electron chi connectivity index (χ3n) is 2.78. The van der Waals surface area contributed by atoms with Crippen molar-refractivity contribution in [3.63, 3.8) is 0 Å². The minimum absolute atomic E-state index is 0.0727. The molecule has 2 N–H and O–H groups in total. The van der Waals surface area contributed by atoms with E-state index in [1.807, 2.05) is 24.3 Å². The van der Waals surface area contributed by atoms with Crippen LogP contribution in [0.1, 0.15) is 16.7 Å². The molecule has 0 heterocycles. The highest BCUT2D eigenvalue weighted by Crippen LogP contribution is 2.05. The molecule has 0 aromatic heterocycles. The van der Waals surface area contributed by atoms with Gasteiger partial charge < -0.3 is 10.4 Å². The Morgan fingerprint density at radius 1 is 0.778 bits per heavy atom. The van der Waals surface area contributed by atoms with Crippen LogP contribution in [0.15, 0.2) is 48.5 Å². The number of hydrogen-bond donors (Lipinski definition) is 2. The fraction of sp³-hybridized carbons (Fsp3) is 0.200. The molecule has 18 heavy (non-hydrogen) atoms. The second-order valence-corrected chi connectivity index (χ2v) is 4.20. The molecule has 2 aromatic rings. The maximum absolute atomic E-state index is 12.7. The number of aliphatic hydroxyl groups is 1. The van der Waals surface area contributed by atoms with Crippen LogP contribution in [0.5, 0.6) is 0 Å². The number of rotatable bonds is 5. The lowest BCUT2D eigenvalue weighted by molar-refractivity contribution is 0.282. The maximum Gasteiger partial charge on any atom is 0.123 e. The van der Waals surface area contributed by atoms with Gasteiger partial charge in [0.05, 0.1) is 6.61 Å². The Kier molecular flexibility index (Phi) is 4.45. The Bertz CT molecular complexity index is 479. The molecule has 2 rings (SSSR count). The van der Waals surface area contributed by atoms with Crippen molar-refractivity contribution in [3.05, 3.63) is 71.0 Å². The van der Waals surface area contributed by atoms with Crippen LogP contribution in [0.4, 0.5) is 4.39 Å². The molecule has 2 aromatic carbocycles. The van der Waals surface area contributed by atoms with Gasteiger partial charge in [0.2, 0.25) is 0 Å². The molecule has 3 heteroatoms. The lowest BCUT2D eigenvalue weighted by Crippen LogP contribution is -2.12. The molecule has 94 valence electrons. The molecule has 0 aliphatic heterocycles. The van der Waals surface area contributed by atoms with Crippen molar-refractivity contribution in [2.45, 2.75) is 19.7 Å². The van der Waals surface area contributed by atoms with E-state index in [0.717, 1.165) is 23.2 Å². The molecule has 0 unspecified atom stereocenters. The SMILES string of the molecule is OCc1ccc(CNCc2ccc(F)cc2)cc1. The van der Waals surface area contributed by atoms with Crippen molar-refractivity contribution >= 4 is 0 Å². The van der Waals surface area contributed by atoms with E-state index in [1.165, 1.54) is 12.1 Å². The zero-order chi connectivity index (χ0) is 12.8. The summed E-state index contributed by atoms with van der Waals surface area (Å²) in [6, 6.07) is 14.3. The molecular weight excluding hydrogens is 229 g/mol. The lowest BCUT2D eigenvalue weighted by atomic mass is 10.1. The number of nitrogens with one attached hydrogen (secondary N) is 1. The van der Waals surface area contributed by atoms with Crippen LogP contribution >= 0.6 is 0 Å². The smallest absolute Gasteiger partial charge is 0.123 e. The minimum atomic E-state index is -0.210. The van der Waals surface area contributed by atoms with Gasteiger partial charge in [0.1, 0.15) is 5.82 Å². The van der Waals surface area contributed by atoms with Crippen molar-refractivity contribution in [1.82, 2.24) is 5.32 Å². The van der Waals surface area contributed by atoms with Gasteiger partial charge in [-0.3, -0.25) is 0 Å². The topological polar surface area (TPSA) is 32.3 Å². The summed E-state index contributed by atoms with van der Waals surface area (Å²) in [6.07, 6.45) is 0. The molecule has 0 spiro atoms. The number of aliphatic hydroxyl groups excluding tert-OH is 1. The van der Waals surface area contributed by atoms with E-state index in [4.69, 9.17) is 5.11 Å². The zero-order valence-electron chi connectivity index (χ0n) is 10.1.